The molecule has 4 rings (SSSR count). The molecular formula is C21H16Cl2FN5O2. The minimum Gasteiger partial charge on any atom is -0.471 e. The summed E-state index contributed by atoms with van der Waals surface area (Å²) in [5.41, 5.74) is 0.524. The van der Waals surface area contributed by atoms with Gasteiger partial charge in [0.1, 0.15) is 11.6 Å². The number of nitrogens with one attached hydrogen (secondary N) is 1. The Bertz CT molecular complexity index is 1190. The van der Waals surface area contributed by atoms with Gasteiger partial charge in [-0.05, 0) is 42.5 Å². The Labute approximate surface area is 187 Å². The van der Waals surface area contributed by atoms with Crippen LogP contribution >= 0.6 is 23.2 Å². The standard InChI is InChI=1S/C21H16Cl2FN5O2/c22-14-4-6-15(7-5-14)31-13-29-10-8-19(26-29)21(30)25-20-9-11-28(27-20)12-16-17(23)2-1-3-18(16)24/h1-11H,12-13H2,(H,25,27,30). The second kappa shape index (κ2) is 9.20. The summed E-state index contributed by atoms with van der Waals surface area (Å²) in [7, 11) is 0. The molecule has 0 saturated heterocycles. The number of hydrogen-bond donors (Lipinski definition) is 1. The summed E-state index contributed by atoms with van der Waals surface area (Å²) >= 11 is 11.9. The van der Waals surface area contributed by atoms with E-state index in [-0.39, 0.29) is 19.0 Å². The van der Waals surface area contributed by atoms with Gasteiger partial charge in [0.2, 0.25) is 0 Å². The van der Waals surface area contributed by atoms with Crippen LogP contribution in [-0.2, 0) is 13.3 Å². The normalized spacial score (nSPS) is 10.8. The van der Waals surface area contributed by atoms with Crippen LogP contribution in [0.15, 0.2) is 67.0 Å². The second-order valence-corrected chi connectivity index (χ2v) is 7.36. The number of carbonyl (C=O) groups is 1. The van der Waals surface area contributed by atoms with E-state index in [9.17, 15) is 9.18 Å². The Morgan fingerprint density at radius 1 is 1.00 bits per heavy atom. The van der Waals surface area contributed by atoms with Crippen molar-refractivity contribution in [2.75, 3.05) is 5.32 Å². The number of ether oxygens (including phenoxy) is 1. The van der Waals surface area contributed by atoms with Gasteiger partial charge in [-0.2, -0.15) is 10.2 Å². The van der Waals surface area contributed by atoms with Crippen LogP contribution in [0.3, 0.4) is 0 Å². The van der Waals surface area contributed by atoms with Crippen LogP contribution in [0.2, 0.25) is 10.0 Å². The minimum absolute atomic E-state index is 0.132. The van der Waals surface area contributed by atoms with Crippen molar-refractivity contribution in [3.8, 4) is 5.75 Å². The molecule has 0 unspecified atom stereocenters. The van der Waals surface area contributed by atoms with Crippen molar-refractivity contribution in [1.29, 1.82) is 0 Å². The lowest BCUT2D eigenvalue weighted by atomic mass is 10.2. The number of halogens is 3. The fourth-order valence-electron chi connectivity index (χ4n) is 2.77. The molecule has 0 bridgehead atoms. The highest BCUT2D eigenvalue weighted by atomic mass is 35.5. The molecule has 0 fully saturated rings. The van der Waals surface area contributed by atoms with Crippen LogP contribution in [0.4, 0.5) is 10.2 Å². The van der Waals surface area contributed by atoms with Gasteiger partial charge in [0.05, 0.1) is 6.54 Å². The highest BCUT2D eigenvalue weighted by Gasteiger charge is 2.13. The molecule has 0 atom stereocenters. The summed E-state index contributed by atoms with van der Waals surface area (Å²) in [6.07, 6.45) is 3.25. The smallest absolute Gasteiger partial charge is 0.277 e. The van der Waals surface area contributed by atoms with Crippen LogP contribution in [0.1, 0.15) is 16.1 Å². The maximum absolute atomic E-state index is 13.9. The second-order valence-electron chi connectivity index (χ2n) is 6.52. The van der Waals surface area contributed by atoms with Crippen molar-refractivity contribution in [3.63, 3.8) is 0 Å². The molecule has 2 aromatic carbocycles. The van der Waals surface area contributed by atoms with Crippen molar-refractivity contribution in [2.24, 2.45) is 0 Å². The maximum atomic E-state index is 13.9. The quantitative estimate of drug-likeness (QED) is 0.428. The molecule has 0 spiro atoms. The van der Waals surface area contributed by atoms with E-state index in [0.717, 1.165) is 0 Å². The van der Waals surface area contributed by atoms with E-state index in [4.69, 9.17) is 27.9 Å². The van der Waals surface area contributed by atoms with Gasteiger partial charge in [0.25, 0.3) is 5.91 Å². The van der Waals surface area contributed by atoms with Crippen LogP contribution in [0.5, 0.6) is 5.75 Å². The molecule has 0 aliphatic rings. The number of nitrogens with zero attached hydrogens (tertiary/aromatic N) is 4. The summed E-state index contributed by atoms with van der Waals surface area (Å²) in [6.45, 7) is 0.269. The van der Waals surface area contributed by atoms with Gasteiger partial charge in [0.15, 0.2) is 18.2 Å². The number of carbonyl (C=O) groups excluding carboxylic acids is 1. The number of hydrogen-bond acceptors (Lipinski definition) is 4. The summed E-state index contributed by atoms with van der Waals surface area (Å²) in [5, 5.41) is 12.0. The summed E-state index contributed by atoms with van der Waals surface area (Å²) in [5.74, 6) is 0.0928. The molecule has 0 aliphatic carbocycles. The first-order valence-electron chi connectivity index (χ1n) is 9.17. The van der Waals surface area contributed by atoms with Crippen molar-refractivity contribution in [2.45, 2.75) is 13.3 Å². The van der Waals surface area contributed by atoms with Crippen molar-refractivity contribution in [1.82, 2.24) is 19.6 Å². The average Bonchev–Trinajstić information content (AvgIpc) is 3.40. The molecule has 10 heteroatoms. The molecule has 158 valence electrons. The van der Waals surface area contributed by atoms with Crippen LogP contribution in [0, 0.1) is 5.82 Å². The highest BCUT2D eigenvalue weighted by molar-refractivity contribution is 6.31. The van der Waals surface area contributed by atoms with Crippen molar-refractivity contribution >= 4 is 34.9 Å². The van der Waals surface area contributed by atoms with Crippen LogP contribution in [0.25, 0.3) is 0 Å². The Morgan fingerprint density at radius 3 is 2.55 bits per heavy atom. The first-order valence-corrected chi connectivity index (χ1v) is 9.93. The number of anilines is 1. The van der Waals surface area contributed by atoms with Gasteiger partial charge in [-0.15, -0.1) is 0 Å². The largest absolute Gasteiger partial charge is 0.471 e. The third-order valence-electron chi connectivity index (χ3n) is 4.31. The van der Waals surface area contributed by atoms with Crippen LogP contribution in [-0.4, -0.2) is 25.5 Å². The maximum Gasteiger partial charge on any atom is 0.277 e. The van der Waals surface area contributed by atoms with E-state index in [0.29, 0.717) is 27.2 Å². The SMILES string of the molecule is O=C(Nc1ccn(Cc2c(F)cccc2Cl)n1)c1ccn(COc2ccc(Cl)cc2)n1. The lowest BCUT2D eigenvalue weighted by molar-refractivity contribution is 0.101. The first kappa shape index (κ1) is 20.9. The Morgan fingerprint density at radius 2 is 1.77 bits per heavy atom. The van der Waals surface area contributed by atoms with E-state index in [1.54, 1.807) is 54.9 Å². The molecule has 0 aliphatic heterocycles. The summed E-state index contributed by atoms with van der Waals surface area (Å²) in [4.78, 5) is 12.4. The van der Waals surface area contributed by atoms with E-state index in [2.05, 4.69) is 15.5 Å². The van der Waals surface area contributed by atoms with Crippen LogP contribution < -0.4 is 10.1 Å². The number of amides is 1. The topological polar surface area (TPSA) is 74.0 Å². The molecule has 7 nitrogen and oxygen atoms in total. The predicted molar refractivity (Wildman–Crippen MR) is 115 cm³/mol. The van der Waals surface area contributed by atoms with E-state index >= 15 is 0 Å². The fourth-order valence-corrected chi connectivity index (χ4v) is 3.12. The number of aromatic nitrogens is 4. The van der Waals surface area contributed by atoms with Gasteiger partial charge in [-0.3, -0.25) is 9.48 Å². The monoisotopic (exact) mass is 459 g/mol. The summed E-state index contributed by atoms with van der Waals surface area (Å²) in [6, 6.07) is 14.6. The number of rotatable bonds is 7. The molecule has 0 radical (unpaired) electrons. The minimum atomic E-state index is -0.431. The highest BCUT2D eigenvalue weighted by Crippen LogP contribution is 2.20. The lowest BCUT2D eigenvalue weighted by Gasteiger charge is -2.06. The molecular weight excluding hydrogens is 444 g/mol. The molecule has 0 saturated carbocycles. The Balaban J connectivity index is 1.35. The van der Waals surface area contributed by atoms with E-state index < -0.39 is 11.7 Å². The molecule has 1 N–H and O–H groups in total. The van der Waals surface area contributed by atoms with Crippen molar-refractivity contribution < 1.29 is 13.9 Å². The third kappa shape index (κ3) is 5.22. The van der Waals surface area contributed by atoms with Gasteiger partial charge in [-0.25, -0.2) is 9.07 Å². The van der Waals surface area contributed by atoms with Crippen molar-refractivity contribution in [3.05, 3.63) is 94.1 Å². The molecule has 2 aromatic heterocycles. The first-order chi connectivity index (χ1) is 15.0. The number of benzene rings is 2. The molecule has 1 amide bonds. The zero-order valence-corrected chi connectivity index (χ0v) is 17.5. The zero-order valence-electron chi connectivity index (χ0n) is 16.0. The van der Waals surface area contributed by atoms with Gasteiger partial charge < -0.3 is 10.1 Å². The van der Waals surface area contributed by atoms with E-state index in [1.165, 1.54) is 21.5 Å². The lowest BCUT2D eigenvalue weighted by Crippen LogP contribution is -2.15. The zero-order chi connectivity index (χ0) is 21.8. The average molecular weight is 460 g/mol. The predicted octanol–water partition coefficient (Wildman–Crippen LogP) is 4.86. The Kier molecular flexibility index (Phi) is 6.20. The molecule has 4 aromatic rings. The fraction of sp³-hybridized carbons (Fsp3) is 0.0952. The molecule has 2 heterocycles. The third-order valence-corrected chi connectivity index (χ3v) is 4.92. The van der Waals surface area contributed by atoms with Gasteiger partial charge >= 0.3 is 0 Å². The molecule has 31 heavy (non-hydrogen) atoms. The summed E-state index contributed by atoms with van der Waals surface area (Å²) < 4.78 is 22.5. The Hall–Kier alpha value is -3.36. The van der Waals surface area contributed by atoms with E-state index in [1.807, 2.05) is 0 Å². The van der Waals surface area contributed by atoms with Gasteiger partial charge in [-0.1, -0.05) is 29.3 Å². The van der Waals surface area contributed by atoms with Gasteiger partial charge in [0, 0.05) is 34.1 Å².